The molecule has 1 aromatic heterocycles. The van der Waals surface area contributed by atoms with E-state index in [0.717, 1.165) is 23.5 Å². The summed E-state index contributed by atoms with van der Waals surface area (Å²) >= 11 is 0. The second-order valence-electron chi connectivity index (χ2n) is 6.62. The van der Waals surface area contributed by atoms with Crippen molar-refractivity contribution in [2.75, 3.05) is 36.4 Å². The number of piperazine rings is 1. The van der Waals surface area contributed by atoms with Crippen molar-refractivity contribution in [3.63, 3.8) is 0 Å². The van der Waals surface area contributed by atoms with Crippen molar-refractivity contribution in [1.29, 1.82) is 0 Å². The van der Waals surface area contributed by atoms with Crippen LogP contribution < -0.4 is 10.2 Å². The van der Waals surface area contributed by atoms with E-state index in [9.17, 15) is 9.59 Å². The van der Waals surface area contributed by atoms with Gasteiger partial charge < -0.3 is 15.1 Å². The van der Waals surface area contributed by atoms with Crippen LogP contribution in [0.2, 0.25) is 0 Å². The van der Waals surface area contributed by atoms with Gasteiger partial charge in [-0.15, -0.1) is 0 Å². The molecule has 7 heteroatoms. The van der Waals surface area contributed by atoms with Crippen LogP contribution in [0.15, 0.2) is 30.3 Å². The highest BCUT2D eigenvalue weighted by Crippen LogP contribution is 2.19. The van der Waals surface area contributed by atoms with Crippen molar-refractivity contribution in [2.45, 2.75) is 27.2 Å². The van der Waals surface area contributed by atoms with E-state index in [2.05, 4.69) is 27.1 Å². The molecule has 7 nitrogen and oxygen atoms in total. The summed E-state index contributed by atoms with van der Waals surface area (Å²) in [7, 11) is 0. The van der Waals surface area contributed by atoms with Gasteiger partial charge in [0.15, 0.2) is 0 Å². The lowest BCUT2D eigenvalue weighted by molar-refractivity contribution is -0.129. The number of para-hydroxylation sites is 1. The molecular formula is C20H25N5O2. The van der Waals surface area contributed by atoms with Gasteiger partial charge in [0.1, 0.15) is 17.3 Å². The number of nitrogens with one attached hydrogen (secondary N) is 1. The van der Waals surface area contributed by atoms with Crippen molar-refractivity contribution < 1.29 is 9.59 Å². The maximum Gasteiger partial charge on any atom is 0.274 e. The van der Waals surface area contributed by atoms with Gasteiger partial charge in [0.2, 0.25) is 5.91 Å². The summed E-state index contributed by atoms with van der Waals surface area (Å²) in [4.78, 5) is 36.9. The number of rotatable bonds is 4. The van der Waals surface area contributed by atoms with Crippen LogP contribution in [0.5, 0.6) is 0 Å². The molecule has 0 bridgehead atoms. The van der Waals surface area contributed by atoms with Gasteiger partial charge in [-0.3, -0.25) is 9.59 Å². The quantitative estimate of drug-likeness (QED) is 0.897. The largest absolute Gasteiger partial charge is 0.353 e. The molecule has 0 unspecified atom stereocenters. The van der Waals surface area contributed by atoms with Crippen LogP contribution in [0.4, 0.5) is 11.5 Å². The van der Waals surface area contributed by atoms with E-state index < -0.39 is 0 Å². The molecule has 1 aromatic carbocycles. The van der Waals surface area contributed by atoms with E-state index in [1.54, 1.807) is 19.9 Å². The summed E-state index contributed by atoms with van der Waals surface area (Å²) in [5.41, 5.74) is 2.23. The molecular weight excluding hydrogens is 342 g/mol. The molecule has 0 spiro atoms. The molecule has 0 saturated carbocycles. The van der Waals surface area contributed by atoms with E-state index in [-0.39, 0.29) is 11.8 Å². The Hall–Kier alpha value is -2.96. The highest BCUT2D eigenvalue weighted by Gasteiger charge is 2.21. The molecule has 0 atom stereocenters. The van der Waals surface area contributed by atoms with Gasteiger partial charge in [-0.05, 0) is 25.0 Å². The van der Waals surface area contributed by atoms with Crippen molar-refractivity contribution in [3.05, 3.63) is 47.4 Å². The molecule has 0 radical (unpaired) electrons. The Morgan fingerprint density at radius 2 is 1.81 bits per heavy atom. The monoisotopic (exact) mass is 367 g/mol. The Kier molecular flexibility index (Phi) is 5.69. The fourth-order valence-electron chi connectivity index (χ4n) is 3.22. The minimum Gasteiger partial charge on any atom is -0.353 e. The van der Waals surface area contributed by atoms with Crippen LogP contribution in [0.1, 0.15) is 35.7 Å². The van der Waals surface area contributed by atoms with Crippen molar-refractivity contribution >= 4 is 23.3 Å². The first-order valence-corrected chi connectivity index (χ1v) is 9.23. The number of carbonyl (C=O) groups excluding carboxylic acids is 2. The Bertz CT molecular complexity index is 844. The van der Waals surface area contributed by atoms with Gasteiger partial charge in [0, 0.05) is 44.9 Å². The second-order valence-corrected chi connectivity index (χ2v) is 6.62. The summed E-state index contributed by atoms with van der Waals surface area (Å²) in [6.45, 7) is 8.12. The molecule has 2 amide bonds. The maximum atomic E-state index is 12.7. The van der Waals surface area contributed by atoms with Crippen LogP contribution in [0, 0.1) is 6.92 Å². The first-order chi connectivity index (χ1) is 13.0. The zero-order valence-corrected chi connectivity index (χ0v) is 16.0. The third kappa shape index (κ3) is 4.42. The fraction of sp³-hybridized carbons (Fsp3) is 0.400. The molecule has 3 rings (SSSR count). The molecule has 2 heterocycles. The molecule has 2 aromatic rings. The van der Waals surface area contributed by atoms with Crippen molar-refractivity contribution in [3.8, 4) is 0 Å². The zero-order valence-electron chi connectivity index (χ0n) is 16.0. The summed E-state index contributed by atoms with van der Waals surface area (Å²) in [6.07, 6.45) is 0.838. The minimum atomic E-state index is -0.245. The highest BCUT2D eigenvalue weighted by atomic mass is 16.2. The normalized spacial score (nSPS) is 14.2. The molecule has 0 aliphatic carbocycles. The van der Waals surface area contributed by atoms with Crippen LogP contribution in [0.3, 0.4) is 0 Å². The lowest BCUT2D eigenvalue weighted by Crippen LogP contribution is -2.48. The molecule has 1 aliphatic rings. The topological polar surface area (TPSA) is 78.4 Å². The second kappa shape index (κ2) is 8.16. The van der Waals surface area contributed by atoms with E-state index in [1.165, 1.54) is 0 Å². The number of hydrogen-bond donors (Lipinski definition) is 1. The average molecular weight is 367 g/mol. The standard InChI is InChI=1S/C20H25N5O2/c1-4-16-7-5-6-8-17(16)23-20(27)18-13-19(22-14(2)21-18)25-11-9-24(10-12-25)15(3)26/h5-8,13H,4,9-12H2,1-3H3,(H,23,27). The summed E-state index contributed by atoms with van der Waals surface area (Å²) < 4.78 is 0. The predicted octanol–water partition coefficient (Wildman–Crippen LogP) is 2.27. The van der Waals surface area contributed by atoms with Gasteiger partial charge in [-0.1, -0.05) is 25.1 Å². The van der Waals surface area contributed by atoms with Crippen LogP contribution >= 0.6 is 0 Å². The Balaban J connectivity index is 1.77. The number of nitrogens with zero attached hydrogens (tertiary/aromatic N) is 4. The lowest BCUT2D eigenvalue weighted by Gasteiger charge is -2.35. The number of aromatic nitrogens is 2. The van der Waals surface area contributed by atoms with E-state index in [4.69, 9.17) is 0 Å². The minimum absolute atomic E-state index is 0.0863. The smallest absolute Gasteiger partial charge is 0.274 e. The van der Waals surface area contributed by atoms with Gasteiger partial charge >= 0.3 is 0 Å². The molecule has 1 saturated heterocycles. The average Bonchev–Trinajstić information content (AvgIpc) is 2.68. The van der Waals surface area contributed by atoms with Crippen LogP contribution in [-0.4, -0.2) is 52.9 Å². The van der Waals surface area contributed by atoms with E-state index >= 15 is 0 Å². The first kappa shape index (κ1) is 18.8. The van der Waals surface area contributed by atoms with Gasteiger partial charge in [-0.2, -0.15) is 0 Å². The molecule has 142 valence electrons. The Labute approximate surface area is 159 Å². The number of carbonyl (C=O) groups is 2. The van der Waals surface area contributed by atoms with Gasteiger partial charge in [0.05, 0.1) is 0 Å². The fourth-order valence-corrected chi connectivity index (χ4v) is 3.22. The number of benzene rings is 1. The summed E-state index contributed by atoms with van der Waals surface area (Å²) in [5.74, 6) is 1.11. The Morgan fingerprint density at radius 3 is 2.48 bits per heavy atom. The third-order valence-electron chi connectivity index (χ3n) is 4.75. The van der Waals surface area contributed by atoms with Crippen LogP contribution in [-0.2, 0) is 11.2 Å². The molecule has 1 aliphatic heterocycles. The Morgan fingerprint density at radius 1 is 1.11 bits per heavy atom. The highest BCUT2D eigenvalue weighted by molar-refractivity contribution is 6.03. The predicted molar refractivity (Wildman–Crippen MR) is 105 cm³/mol. The number of aryl methyl sites for hydroxylation is 2. The molecule has 1 N–H and O–H groups in total. The van der Waals surface area contributed by atoms with E-state index in [0.29, 0.717) is 37.7 Å². The van der Waals surface area contributed by atoms with Gasteiger partial charge in [0.25, 0.3) is 5.91 Å². The molecule has 1 fully saturated rings. The van der Waals surface area contributed by atoms with Gasteiger partial charge in [-0.25, -0.2) is 9.97 Å². The lowest BCUT2D eigenvalue weighted by atomic mass is 10.1. The number of amides is 2. The number of hydrogen-bond acceptors (Lipinski definition) is 5. The number of anilines is 2. The van der Waals surface area contributed by atoms with Crippen molar-refractivity contribution in [2.24, 2.45) is 0 Å². The molecule has 27 heavy (non-hydrogen) atoms. The van der Waals surface area contributed by atoms with Crippen molar-refractivity contribution in [1.82, 2.24) is 14.9 Å². The maximum absolute atomic E-state index is 12.7. The first-order valence-electron chi connectivity index (χ1n) is 9.23. The van der Waals surface area contributed by atoms with E-state index in [1.807, 2.05) is 29.2 Å². The zero-order chi connectivity index (χ0) is 19.4. The summed E-state index contributed by atoms with van der Waals surface area (Å²) in [5, 5.41) is 2.96. The third-order valence-corrected chi connectivity index (χ3v) is 4.75. The SMILES string of the molecule is CCc1ccccc1NC(=O)c1cc(N2CCN(C(C)=O)CC2)nc(C)n1. The van der Waals surface area contributed by atoms with Crippen LogP contribution in [0.25, 0.3) is 0 Å². The summed E-state index contributed by atoms with van der Waals surface area (Å²) in [6, 6.07) is 9.48.